The molecule has 0 heterocycles. The zero-order chi connectivity index (χ0) is 14.6. The Hall–Kier alpha value is -1.89. The maximum absolute atomic E-state index is 12.8. The van der Waals surface area contributed by atoms with Crippen molar-refractivity contribution < 1.29 is 28.2 Å². The number of methoxy groups -OCH3 is 2. The van der Waals surface area contributed by atoms with Crippen LogP contribution in [-0.4, -0.2) is 25.3 Å². The molecule has 1 rings (SSSR count). The van der Waals surface area contributed by atoms with Crippen molar-refractivity contribution >= 4 is 5.97 Å². The van der Waals surface area contributed by atoms with E-state index in [0.717, 1.165) is 6.07 Å². The van der Waals surface area contributed by atoms with Gasteiger partial charge in [0.25, 0.3) is 6.43 Å². The molecule has 0 radical (unpaired) electrons. The molecular weight excluding hydrogens is 260 g/mol. The number of halogens is 2. The molecule has 0 amide bonds. The lowest BCUT2D eigenvalue weighted by Gasteiger charge is -2.18. The van der Waals surface area contributed by atoms with Crippen LogP contribution in [0.15, 0.2) is 12.1 Å². The minimum atomic E-state index is -2.73. The Bertz CT molecular complexity index is 465. The van der Waals surface area contributed by atoms with Crippen molar-refractivity contribution in [2.24, 2.45) is 5.73 Å². The summed E-state index contributed by atoms with van der Waals surface area (Å²) in [5.41, 5.74) is 5.70. The van der Waals surface area contributed by atoms with Crippen LogP contribution in [0.5, 0.6) is 11.5 Å². The molecule has 3 N–H and O–H groups in total. The number of ether oxygens (including phenoxy) is 2. The van der Waals surface area contributed by atoms with Gasteiger partial charge in [-0.2, -0.15) is 0 Å². The van der Waals surface area contributed by atoms with Crippen LogP contribution in [-0.2, 0) is 4.79 Å². The molecule has 1 aromatic carbocycles. The summed E-state index contributed by atoms with van der Waals surface area (Å²) < 4.78 is 35.5. The number of alkyl halides is 2. The van der Waals surface area contributed by atoms with E-state index in [2.05, 4.69) is 0 Å². The van der Waals surface area contributed by atoms with E-state index < -0.39 is 18.4 Å². The molecule has 0 aliphatic carbocycles. The summed E-state index contributed by atoms with van der Waals surface area (Å²) >= 11 is 0. The highest BCUT2D eigenvalue weighted by Gasteiger charge is 2.22. The molecular formula is C12H15F2NO4. The van der Waals surface area contributed by atoms with Gasteiger partial charge in [-0.1, -0.05) is 0 Å². The van der Waals surface area contributed by atoms with Crippen molar-refractivity contribution in [2.45, 2.75) is 18.9 Å². The number of aliphatic carboxylic acids is 1. The normalized spacial score (nSPS) is 12.3. The van der Waals surface area contributed by atoms with Gasteiger partial charge in [-0.3, -0.25) is 4.79 Å². The molecule has 0 fully saturated rings. The maximum atomic E-state index is 12.8. The third-order valence-corrected chi connectivity index (χ3v) is 2.61. The standard InChI is InChI=1S/C12H15F2NO4/c1-18-9-4-7(12(13)14)10(19-2)3-6(9)8(15)5-11(16)17/h3-4,8,12H,5,15H2,1-2H3,(H,16,17). The van der Waals surface area contributed by atoms with Crippen LogP contribution >= 0.6 is 0 Å². The molecule has 0 spiro atoms. The first-order valence-electron chi connectivity index (χ1n) is 5.42. The van der Waals surface area contributed by atoms with Gasteiger partial charge in [0.05, 0.1) is 26.2 Å². The Morgan fingerprint density at radius 3 is 2.16 bits per heavy atom. The molecule has 106 valence electrons. The van der Waals surface area contributed by atoms with Crippen LogP contribution in [0.1, 0.15) is 30.0 Å². The zero-order valence-corrected chi connectivity index (χ0v) is 10.5. The fraction of sp³-hybridized carbons (Fsp3) is 0.417. The highest BCUT2D eigenvalue weighted by atomic mass is 19.3. The van der Waals surface area contributed by atoms with Crippen molar-refractivity contribution in [1.82, 2.24) is 0 Å². The van der Waals surface area contributed by atoms with E-state index in [1.165, 1.54) is 20.3 Å². The minimum absolute atomic E-state index is 0.0494. The second kappa shape index (κ2) is 6.33. The van der Waals surface area contributed by atoms with Crippen molar-refractivity contribution in [1.29, 1.82) is 0 Å². The van der Waals surface area contributed by atoms with Crippen LogP contribution in [0.25, 0.3) is 0 Å². The van der Waals surface area contributed by atoms with E-state index in [1.54, 1.807) is 0 Å². The third-order valence-electron chi connectivity index (χ3n) is 2.61. The Kier molecular flexibility index (Phi) is 5.05. The predicted molar refractivity (Wildman–Crippen MR) is 63.7 cm³/mol. The number of rotatable bonds is 6. The van der Waals surface area contributed by atoms with Gasteiger partial charge in [0.1, 0.15) is 11.5 Å². The number of carboxylic acid groups (broad SMARTS) is 1. The Balaban J connectivity index is 3.27. The number of carboxylic acids is 1. The summed E-state index contributed by atoms with van der Waals surface area (Å²) in [6.07, 6.45) is -3.07. The van der Waals surface area contributed by atoms with E-state index in [0.29, 0.717) is 5.56 Å². The van der Waals surface area contributed by atoms with E-state index in [-0.39, 0.29) is 23.5 Å². The molecule has 0 aliphatic rings. The summed E-state index contributed by atoms with van der Waals surface area (Å²) in [6.45, 7) is 0. The lowest BCUT2D eigenvalue weighted by atomic mass is 10.0. The van der Waals surface area contributed by atoms with Crippen molar-refractivity contribution in [3.8, 4) is 11.5 Å². The molecule has 0 aromatic heterocycles. The van der Waals surface area contributed by atoms with Gasteiger partial charge in [-0.05, 0) is 12.1 Å². The van der Waals surface area contributed by atoms with Gasteiger partial charge in [0.15, 0.2) is 0 Å². The average molecular weight is 275 g/mol. The molecule has 1 unspecified atom stereocenters. The third kappa shape index (κ3) is 3.54. The van der Waals surface area contributed by atoms with Crippen LogP contribution in [0.2, 0.25) is 0 Å². The van der Waals surface area contributed by atoms with E-state index in [4.69, 9.17) is 20.3 Å². The Morgan fingerprint density at radius 1 is 1.26 bits per heavy atom. The molecule has 7 heteroatoms. The highest BCUT2D eigenvalue weighted by molar-refractivity contribution is 5.68. The quantitative estimate of drug-likeness (QED) is 0.831. The molecule has 0 saturated carbocycles. The summed E-state index contributed by atoms with van der Waals surface area (Å²) in [6, 6.07) is 1.53. The number of hydrogen-bond acceptors (Lipinski definition) is 4. The first kappa shape index (κ1) is 15.2. The number of nitrogens with two attached hydrogens (primary N) is 1. The fourth-order valence-electron chi connectivity index (χ4n) is 1.70. The van der Waals surface area contributed by atoms with Crippen molar-refractivity contribution in [3.63, 3.8) is 0 Å². The molecule has 1 atom stereocenters. The highest BCUT2D eigenvalue weighted by Crippen LogP contribution is 2.37. The van der Waals surface area contributed by atoms with Gasteiger partial charge in [0, 0.05) is 11.6 Å². The summed E-state index contributed by atoms with van der Waals surface area (Å²) in [4.78, 5) is 10.6. The molecule has 1 aromatic rings. The van der Waals surface area contributed by atoms with E-state index in [9.17, 15) is 13.6 Å². The predicted octanol–water partition coefficient (Wildman–Crippen LogP) is 2.12. The minimum Gasteiger partial charge on any atom is -0.496 e. The van der Waals surface area contributed by atoms with Crippen LogP contribution in [0.4, 0.5) is 8.78 Å². The molecule has 0 bridgehead atoms. The maximum Gasteiger partial charge on any atom is 0.305 e. The topological polar surface area (TPSA) is 81.8 Å². The summed E-state index contributed by atoms with van der Waals surface area (Å²) in [5.74, 6) is -1.03. The number of hydrogen-bond donors (Lipinski definition) is 2. The first-order chi connectivity index (χ1) is 8.90. The zero-order valence-electron chi connectivity index (χ0n) is 10.5. The van der Waals surface area contributed by atoms with Gasteiger partial charge in [-0.25, -0.2) is 8.78 Å². The monoisotopic (exact) mass is 275 g/mol. The summed E-state index contributed by atoms with van der Waals surface area (Å²) in [5, 5.41) is 8.71. The lowest BCUT2D eigenvalue weighted by molar-refractivity contribution is -0.137. The first-order valence-corrected chi connectivity index (χ1v) is 5.42. The Labute approximate surface area is 108 Å². The van der Waals surface area contributed by atoms with Gasteiger partial charge in [0.2, 0.25) is 0 Å². The van der Waals surface area contributed by atoms with E-state index >= 15 is 0 Å². The molecule has 5 nitrogen and oxygen atoms in total. The number of carbonyl (C=O) groups is 1. The largest absolute Gasteiger partial charge is 0.496 e. The fourth-order valence-corrected chi connectivity index (χ4v) is 1.70. The van der Waals surface area contributed by atoms with Gasteiger partial charge >= 0.3 is 5.97 Å². The SMILES string of the molecule is COc1cc(C(N)CC(=O)O)c(OC)cc1C(F)F. The van der Waals surface area contributed by atoms with Gasteiger partial charge < -0.3 is 20.3 Å². The van der Waals surface area contributed by atoms with Crippen molar-refractivity contribution in [2.75, 3.05) is 14.2 Å². The van der Waals surface area contributed by atoms with E-state index in [1.807, 2.05) is 0 Å². The van der Waals surface area contributed by atoms with Crippen LogP contribution in [0.3, 0.4) is 0 Å². The van der Waals surface area contributed by atoms with Gasteiger partial charge in [-0.15, -0.1) is 0 Å². The smallest absolute Gasteiger partial charge is 0.305 e. The summed E-state index contributed by atoms with van der Waals surface area (Å²) in [7, 11) is 2.55. The Morgan fingerprint density at radius 2 is 1.74 bits per heavy atom. The second-order valence-corrected chi connectivity index (χ2v) is 3.84. The molecule has 0 aliphatic heterocycles. The van der Waals surface area contributed by atoms with Crippen LogP contribution in [0, 0.1) is 0 Å². The molecule has 19 heavy (non-hydrogen) atoms. The van der Waals surface area contributed by atoms with Crippen molar-refractivity contribution in [3.05, 3.63) is 23.3 Å². The number of benzene rings is 1. The van der Waals surface area contributed by atoms with Crippen LogP contribution < -0.4 is 15.2 Å². The molecule has 0 saturated heterocycles. The lowest BCUT2D eigenvalue weighted by Crippen LogP contribution is -2.16. The second-order valence-electron chi connectivity index (χ2n) is 3.84. The average Bonchev–Trinajstić information content (AvgIpc) is 2.35.